The number of nitrogens with zero attached hydrogens (tertiary/aromatic N) is 2. The summed E-state index contributed by atoms with van der Waals surface area (Å²) in [6, 6.07) is 8.12. The Hall–Kier alpha value is -1.55. The van der Waals surface area contributed by atoms with Gasteiger partial charge in [-0.2, -0.15) is 0 Å². The van der Waals surface area contributed by atoms with Crippen molar-refractivity contribution in [3.63, 3.8) is 0 Å². The average molecular weight is 371 g/mol. The molecular weight excluding hydrogens is 336 g/mol. The zero-order chi connectivity index (χ0) is 19.0. The van der Waals surface area contributed by atoms with Gasteiger partial charge >= 0.3 is 0 Å². The summed E-state index contributed by atoms with van der Waals surface area (Å²) >= 11 is 0. The Labute approximate surface area is 163 Å². The molecule has 1 N–H and O–H groups in total. The lowest BCUT2D eigenvalue weighted by Gasteiger charge is -2.57. The van der Waals surface area contributed by atoms with Crippen molar-refractivity contribution in [3.8, 4) is 5.75 Å². The number of benzene rings is 1. The van der Waals surface area contributed by atoms with Gasteiger partial charge in [0.15, 0.2) is 0 Å². The molecule has 3 aliphatic heterocycles. The molecule has 0 aromatic heterocycles. The van der Waals surface area contributed by atoms with Crippen LogP contribution >= 0.6 is 0 Å². The monoisotopic (exact) mass is 370 g/mol. The van der Waals surface area contributed by atoms with E-state index in [-0.39, 0.29) is 11.7 Å². The number of carbonyl (C=O) groups excluding carboxylic acids is 1. The highest BCUT2D eigenvalue weighted by Gasteiger charge is 2.47. The van der Waals surface area contributed by atoms with E-state index in [1.54, 1.807) is 18.2 Å². The predicted molar refractivity (Wildman–Crippen MR) is 108 cm³/mol. The number of hydrogen-bond donors (Lipinski definition) is 1. The molecule has 27 heavy (non-hydrogen) atoms. The van der Waals surface area contributed by atoms with Crippen LogP contribution in [0.5, 0.6) is 5.75 Å². The van der Waals surface area contributed by atoms with Crippen LogP contribution < -0.4 is 0 Å². The molecule has 0 unspecified atom stereocenters. The molecule has 1 aromatic carbocycles. The zero-order valence-corrected chi connectivity index (χ0v) is 16.8. The minimum absolute atomic E-state index is 0.0902. The van der Waals surface area contributed by atoms with Crippen LogP contribution in [0.25, 0.3) is 0 Å². The third-order valence-corrected chi connectivity index (χ3v) is 7.04. The van der Waals surface area contributed by atoms with E-state index in [4.69, 9.17) is 0 Å². The molecule has 4 heteroatoms. The van der Waals surface area contributed by atoms with Crippen molar-refractivity contribution in [2.75, 3.05) is 19.6 Å². The maximum absolute atomic E-state index is 13.1. The SMILES string of the molecule is CC(C)CC[C@H]1[C@H]2C[C@H](CN(C(=O)c3cccc(O)c3)C2)[C@@H]2CCCCN21. The van der Waals surface area contributed by atoms with E-state index in [9.17, 15) is 9.90 Å². The topological polar surface area (TPSA) is 43.8 Å². The number of amides is 1. The second-order valence-electron chi connectivity index (χ2n) is 9.36. The molecule has 2 bridgehead atoms. The fraction of sp³-hybridized carbons (Fsp3) is 0.696. The summed E-state index contributed by atoms with van der Waals surface area (Å²) in [4.78, 5) is 18.0. The predicted octanol–water partition coefficient (Wildman–Crippen LogP) is 4.14. The summed E-state index contributed by atoms with van der Waals surface area (Å²) in [5, 5.41) is 9.76. The standard InChI is InChI=1S/C23H34N2O2/c1-16(2)9-10-22-19-12-18(21-8-3-4-11-25(21)22)14-24(15-19)23(27)17-6-5-7-20(26)13-17/h5-7,13,16,18-19,21-22,26H,3-4,8-12,14-15H2,1-2H3/t18-,19+,21+,22+/m1/s1. The first kappa shape index (κ1) is 18.8. The minimum Gasteiger partial charge on any atom is -0.508 e. The molecule has 0 saturated carbocycles. The Morgan fingerprint density at radius 1 is 1.22 bits per heavy atom. The second-order valence-corrected chi connectivity index (χ2v) is 9.36. The molecular formula is C23H34N2O2. The van der Waals surface area contributed by atoms with Crippen LogP contribution in [-0.4, -0.2) is 52.5 Å². The molecule has 0 spiro atoms. The number of phenolic OH excluding ortho intramolecular Hbond substituents is 1. The number of carbonyl (C=O) groups is 1. The smallest absolute Gasteiger partial charge is 0.254 e. The van der Waals surface area contributed by atoms with Gasteiger partial charge in [-0.15, -0.1) is 0 Å². The number of likely N-dealkylation sites (tertiary alicyclic amines) is 1. The zero-order valence-electron chi connectivity index (χ0n) is 16.8. The lowest BCUT2D eigenvalue weighted by Crippen LogP contribution is -2.64. The van der Waals surface area contributed by atoms with Crippen LogP contribution in [-0.2, 0) is 0 Å². The van der Waals surface area contributed by atoms with Gasteiger partial charge in [0.1, 0.15) is 5.75 Å². The van der Waals surface area contributed by atoms with Crippen molar-refractivity contribution < 1.29 is 9.90 Å². The van der Waals surface area contributed by atoms with E-state index in [1.807, 2.05) is 6.07 Å². The molecule has 3 fully saturated rings. The quantitative estimate of drug-likeness (QED) is 0.866. The fourth-order valence-electron chi connectivity index (χ4n) is 5.80. The summed E-state index contributed by atoms with van der Waals surface area (Å²) in [7, 11) is 0. The molecule has 3 saturated heterocycles. The summed E-state index contributed by atoms with van der Waals surface area (Å²) < 4.78 is 0. The molecule has 148 valence electrons. The van der Waals surface area contributed by atoms with Gasteiger partial charge in [-0.05, 0) is 74.6 Å². The summed E-state index contributed by atoms with van der Waals surface area (Å²) in [6.45, 7) is 7.64. The Balaban J connectivity index is 1.55. The fourth-order valence-corrected chi connectivity index (χ4v) is 5.80. The van der Waals surface area contributed by atoms with Gasteiger partial charge in [0.2, 0.25) is 0 Å². The largest absolute Gasteiger partial charge is 0.508 e. The number of phenols is 1. The van der Waals surface area contributed by atoms with Gasteiger partial charge in [0.25, 0.3) is 5.91 Å². The van der Waals surface area contributed by atoms with Crippen LogP contribution in [0.3, 0.4) is 0 Å². The van der Waals surface area contributed by atoms with E-state index < -0.39 is 0 Å². The Morgan fingerprint density at radius 2 is 2.04 bits per heavy atom. The van der Waals surface area contributed by atoms with Crippen molar-refractivity contribution in [3.05, 3.63) is 29.8 Å². The number of hydrogen-bond acceptors (Lipinski definition) is 3. The highest BCUT2D eigenvalue weighted by atomic mass is 16.3. The average Bonchev–Trinajstić information content (AvgIpc) is 2.67. The van der Waals surface area contributed by atoms with E-state index in [0.717, 1.165) is 19.0 Å². The third kappa shape index (κ3) is 3.87. The lowest BCUT2D eigenvalue weighted by molar-refractivity contribution is -0.0681. The maximum Gasteiger partial charge on any atom is 0.254 e. The van der Waals surface area contributed by atoms with Crippen LogP contribution in [0, 0.1) is 17.8 Å². The van der Waals surface area contributed by atoms with Crippen molar-refractivity contribution in [1.82, 2.24) is 9.80 Å². The molecule has 3 aliphatic rings. The maximum atomic E-state index is 13.1. The van der Waals surface area contributed by atoms with Crippen LogP contribution in [0.1, 0.15) is 62.7 Å². The van der Waals surface area contributed by atoms with Crippen molar-refractivity contribution in [2.24, 2.45) is 17.8 Å². The highest BCUT2D eigenvalue weighted by molar-refractivity contribution is 5.94. The van der Waals surface area contributed by atoms with Crippen molar-refractivity contribution in [1.29, 1.82) is 0 Å². The normalized spacial score (nSPS) is 31.0. The number of aromatic hydroxyl groups is 1. The van der Waals surface area contributed by atoms with E-state index in [2.05, 4.69) is 23.6 Å². The molecule has 0 radical (unpaired) electrons. The van der Waals surface area contributed by atoms with Gasteiger partial charge in [0, 0.05) is 30.7 Å². The van der Waals surface area contributed by atoms with Gasteiger partial charge in [-0.25, -0.2) is 0 Å². The first-order valence-corrected chi connectivity index (χ1v) is 10.9. The van der Waals surface area contributed by atoms with E-state index in [0.29, 0.717) is 29.5 Å². The lowest BCUT2D eigenvalue weighted by atomic mass is 9.71. The Bertz CT molecular complexity index is 674. The molecule has 4 rings (SSSR count). The molecule has 1 aromatic rings. The van der Waals surface area contributed by atoms with Crippen molar-refractivity contribution in [2.45, 2.75) is 64.5 Å². The molecule has 1 amide bonds. The summed E-state index contributed by atoms with van der Waals surface area (Å²) in [5.41, 5.74) is 0.620. The van der Waals surface area contributed by atoms with Gasteiger partial charge in [-0.3, -0.25) is 9.69 Å². The van der Waals surface area contributed by atoms with Gasteiger partial charge in [-0.1, -0.05) is 26.3 Å². The molecule has 4 nitrogen and oxygen atoms in total. The van der Waals surface area contributed by atoms with E-state index >= 15 is 0 Å². The first-order chi connectivity index (χ1) is 13.0. The van der Waals surface area contributed by atoms with Crippen molar-refractivity contribution >= 4 is 5.91 Å². The Kier molecular flexibility index (Phi) is 5.45. The van der Waals surface area contributed by atoms with Crippen LogP contribution in [0.15, 0.2) is 24.3 Å². The molecule has 3 heterocycles. The number of fused-ring (bicyclic) bond motifs is 4. The van der Waals surface area contributed by atoms with Gasteiger partial charge in [0.05, 0.1) is 0 Å². The Morgan fingerprint density at radius 3 is 2.81 bits per heavy atom. The first-order valence-electron chi connectivity index (χ1n) is 10.9. The van der Waals surface area contributed by atoms with E-state index in [1.165, 1.54) is 45.1 Å². The summed E-state index contributed by atoms with van der Waals surface area (Å²) in [5.74, 6) is 2.21. The molecule has 4 atom stereocenters. The molecule has 0 aliphatic carbocycles. The van der Waals surface area contributed by atoms with Crippen LogP contribution in [0.4, 0.5) is 0 Å². The summed E-state index contributed by atoms with van der Waals surface area (Å²) in [6.07, 6.45) is 7.78. The minimum atomic E-state index is 0.0902. The van der Waals surface area contributed by atoms with Gasteiger partial charge < -0.3 is 10.0 Å². The number of rotatable bonds is 4. The third-order valence-electron chi connectivity index (χ3n) is 7.04. The van der Waals surface area contributed by atoms with Crippen LogP contribution in [0.2, 0.25) is 0 Å². The second kappa shape index (κ2) is 7.83. The number of piperidine rings is 3. The highest BCUT2D eigenvalue weighted by Crippen LogP contribution is 2.43.